The Kier molecular flexibility index (Phi) is 4.46. The lowest BCUT2D eigenvalue weighted by Crippen LogP contribution is -2.45. The number of rotatable bonds is 4. The van der Waals surface area contributed by atoms with Crippen molar-refractivity contribution in [2.75, 3.05) is 20.2 Å². The SMILES string of the molecule is COc1ccc([C@]2(O)CCCN(Cc3ccccc3)C2)cc1. The van der Waals surface area contributed by atoms with Crippen LogP contribution in [0.2, 0.25) is 0 Å². The molecule has 3 nitrogen and oxygen atoms in total. The first-order valence-electron chi connectivity index (χ1n) is 7.83. The summed E-state index contributed by atoms with van der Waals surface area (Å²) in [5.41, 5.74) is 1.51. The van der Waals surface area contributed by atoms with Gasteiger partial charge in [-0.25, -0.2) is 0 Å². The highest BCUT2D eigenvalue weighted by molar-refractivity contribution is 5.31. The molecular formula is C19H23NO2. The summed E-state index contributed by atoms with van der Waals surface area (Å²) in [6.45, 7) is 2.60. The molecule has 0 radical (unpaired) electrons. The van der Waals surface area contributed by atoms with Gasteiger partial charge in [0.25, 0.3) is 0 Å². The summed E-state index contributed by atoms with van der Waals surface area (Å²) in [5, 5.41) is 11.1. The number of aliphatic hydroxyl groups is 1. The smallest absolute Gasteiger partial charge is 0.118 e. The Bertz CT molecular complexity index is 597. The topological polar surface area (TPSA) is 32.7 Å². The molecule has 1 fully saturated rings. The van der Waals surface area contributed by atoms with E-state index in [-0.39, 0.29) is 0 Å². The van der Waals surface area contributed by atoms with Gasteiger partial charge in [-0.05, 0) is 42.6 Å². The van der Waals surface area contributed by atoms with E-state index in [0.717, 1.165) is 37.2 Å². The first-order chi connectivity index (χ1) is 10.7. The van der Waals surface area contributed by atoms with Crippen molar-refractivity contribution in [3.63, 3.8) is 0 Å². The van der Waals surface area contributed by atoms with Gasteiger partial charge in [0.2, 0.25) is 0 Å². The van der Waals surface area contributed by atoms with Crippen LogP contribution in [0.15, 0.2) is 54.6 Å². The van der Waals surface area contributed by atoms with Crippen molar-refractivity contribution < 1.29 is 9.84 Å². The Hall–Kier alpha value is -1.84. The fourth-order valence-corrected chi connectivity index (χ4v) is 3.24. The Morgan fingerprint density at radius 1 is 1.09 bits per heavy atom. The molecule has 0 bridgehead atoms. The summed E-state index contributed by atoms with van der Waals surface area (Å²) >= 11 is 0. The largest absolute Gasteiger partial charge is 0.497 e. The molecule has 1 heterocycles. The second-order valence-electron chi connectivity index (χ2n) is 6.06. The van der Waals surface area contributed by atoms with Crippen LogP contribution in [-0.2, 0) is 12.1 Å². The molecule has 2 aromatic carbocycles. The van der Waals surface area contributed by atoms with E-state index in [2.05, 4.69) is 29.2 Å². The summed E-state index contributed by atoms with van der Waals surface area (Å²) in [4.78, 5) is 2.34. The number of hydrogen-bond donors (Lipinski definition) is 1. The molecule has 3 rings (SSSR count). The van der Waals surface area contributed by atoms with E-state index in [0.29, 0.717) is 6.54 Å². The van der Waals surface area contributed by atoms with Crippen molar-refractivity contribution >= 4 is 0 Å². The first-order valence-corrected chi connectivity index (χ1v) is 7.83. The molecule has 116 valence electrons. The fourth-order valence-electron chi connectivity index (χ4n) is 3.24. The van der Waals surface area contributed by atoms with Crippen LogP contribution in [0.1, 0.15) is 24.0 Å². The lowest BCUT2D eigenvalue weighted by Gasteiger charge is -2.39. The number of ether oxygens (including phenoxy) is 1. The average Bonchev–Trinajstić information content (AvgIpc) is 2.56. The number of β-amino-alcohol motifs (C(OH)–C–C–N with tert-alkyl or cyclic N) is 1. The second-order valence-corrected chi connectivity index (χ2v) is 6.06. The van der Waals surface area contributed by atoms with Crippen LogP contribution in [-0.4, -0.2) is 30.2 Å². The number of likely N-dealkylation sites (tertiary alicyclic amines) is 1. The minimum atomic E-state index is -0.765. The zero-order valence-electron chi connectivity index (χ0n) is 13.0. The summed E-state index contributed by atoms with van der Waals surface area (Å²) in [6.07, 6.45) is 1.82. The lowest BCUT2D eigenvalue weighted by atomic mass is 9.85. The molecule has 1 aliphatic rings. The molecule has 22 heavy (non-hydrogen) atoms. The highest BCUT2D eigenvalue weighted by atomic mass is 16.5. The van der Waals surface area contributed by atoms with Gasteiger partial charge < -0.3 is 9.84 Å². The monoisotopic (exact) mass is 297 g/mol. The Labute approximate surface area is 132 Å². The highest BCUT2D eigenvalue weighted by Gasteiger charge is 2.34. The molecule has 0 aromatic heterocycles. The molecule has 0 aliphatic carbocycles. The predicted molar refractivity (Wildman–Crippen MR) is 87.8 cm³/mol. The van der Waals surface area contributed by atoms with Crippen LogP contribution >= 0.6 is 0 Å². The molecule has 0 spiro atoms. The van der Waals surface area contributed by atoms with Crippen LogP contribution in [0.4, 0.5) is 0 Å². The Balaban J connectivity index is 1.73. The zero-order valence-corrected chi connectivity index (χ0v) is 13.0. The van der Waals surface area contributed by atoms with Gasteiger partial charge in [0.1, 0.15) is 11.4 Å². The number of nitrogens with zero attached hydrogens (tertiary/aromatic N) is 1. The fraction of sp³-hybridized carbons (Fsp3) is 0.368. The van der Waals surface area contributed by atoms with Crippen molar-refractivity contribution in [2.45, 2.75) is 25.0 Å². The minimum absolute atomic E-state index is 0.675. The van der Waals surface area contributed by atoms with Gasteiger partial charge in [-0.1, -0.05) is 42.5 Å². The third kappa shape index (κ3) is 3.32. The van der Waals surface area contributed by atoms with Crippen LogP contribution < -0.4 is 4.74 Å². The molecule has 1 saturated heterocycles. The van der Waals surface area contributed by atoms with E-state index in [9.17, 15) is 5.11 Å². The third-order valence-corrected chi connectivity index (χ3v) is 4.43. The normalized spacial score (nSPS) is 22.5. The van der Waals surface area contributed by atoms with Gasteiger partial charge in [0.15, 0.2) is 0 Å². The number of benzene rings is 2. The van der Waals surface area contributed by atoms with E-state index in [1.165, 1.54) is 5.56 Å². The maximum Gasteiger partial charge on any atom is 0.118 e. The van der Waals surface area contributed by atoms with Gasteiger partial charge in [-0.15, -0.1) is 0 Å². The van der Waals surface area contributed by atoms with E-state index in [1.807, 2.05) is 30.3 Å². The summed E-state index contributed by atoms with van der Waals surface area (Å²) in [5.74, 6) is 0.823. The number of hydrogen-bond acceptors (Lipinski definition) is 3. The zero-order chi connectivity index (χ0) is 15.4. The van der Waals surface area contributed by atoms with Crippen LogP contribution in [0.25, 0.3) is 0 Å². The van der Waals surface area contributed by atoms with Crippen molar-refractivity contribution in [3.8, 4) is 5.75 Å². The highest BCUT2D eigenvalue weighted by Crippen LogP contribution is 2.33. The Morgan fingerprint density at radius 2 is 1.82 bits per heavy atom. The van der Waals surface area contributed by atoms with Gasteiger partial charge in [-0.2, -0.15) is 0 Å². The maximum absolute atomic E-state index is 11.1. The molecule has 0 unspecified atom stereocenters. The molecule has 1 N–H and O–H groups in total. The standard InChI is InChI=1S/C19H23NO2/c1-22-18-10-8-17(9-11-18)19(21)12-5-13-20(15-19)14-16-6-3-2-4-7-16/h2-4,6-11,21H,5,12-15H2,1H3/t19-/m0/s1. The predicted octanol–water partition coefficient (Wildman–Crippen LogP) is 3.18. The minimum Gasteiger partial charge on any atom is -0.497 e. The number of piperidine rings is 1. The van der Waals surface area contributed by atoms with Crippen LogP contribution in [0, 0.1) is 0 Å². The molecule has 2 aromatic rings. The molecule has 1 atom stereocenters. The van der Waals surface area contributed by atoms with Crippen LogP contribution in [0.5, 0.6) is 5.75 Å². The quantitative estimate of drug-likeness (QED) is 0.941. The molecular weight excluding hydrogens is 274 g/mol. The third-order valence-electron chi connectivity index (χ3n) is 4.43. The maximum atomic E-state index is 11.1. The van der Waals surface area contributed by atoms with Crippen molar-refractivity contribution in [1.29, 1.82) is 0 Å². The average molecular weight is 297 g/mol. The second kappa shape index (κ2) is 6.51. The number of methoxy groups -OCH3 is 1. The summed E-state index contributed by atoms with van der Waals surface area (Å²) in [7, 11) is 1.66. The van der Waals surface area contributed by atoms with E-state index in [4.69, 9.17) is 4.74 Å². The molecule has 0 amide bonds. The van der Waals surface area contributed by atoms with Crippen molar-refractivity contribution in [2.24, 2.45) is 0 Å². The van der Waals surface area contributed by atoms with Crippen molar-refractivity contribution in [1.82, 2.24) is 4.90 Å². The lowest BCUT2D eigenvalue weighted by molar-refractivity contribution is -0.0381. The summed E-state index contributed by atoms with van der Waals surface area (Å²) < 4.78 is 5.20. The van der Waals surface area contributed by atoms with Crippen molar-refractivity contribution in [3.05, 3.63) is 65.7 Å². The molecule has 1 aliphatic heterocycles. The van der Waals surface area contributed by atoms with Gasteiger partial charge in [-0.3, -0.25) is 4.90 Å². The van der Waals surface area contributed by atoms with E-state index in [1.54, 1.807) is 7.11 Å². The first kappa shape index (κ1) is 15.1. The van der Waals surface area contributed by atoms with Crippen LogP contribution in [0.3, 0.4) is 0 Å². The van der Waals surface area contributed by atoms with Gasteiger partial charge in [0, 0.05) is 13.1 Å². The van der Waals surface area contributed by atoms with E-state index >= 15 is 0 Å². The van der Waals surface area contributed by atoms with E-state index < -0.39 is 5.60 Å². The molecule has 3 heteroatoms. The summed E-state index contributed by atoms with van der Waals surface area (Å²) in [6, 6.07) is 18.2. The van der Waals surface area contributed by atoms with Gasteiger partial charge >= 0.3 is 0 Å². The van der Waals surface area contributed by atoms with Gasteiger partial charge in [0.05, 0.1) is 7.11 Å². The molecule has 0 saturated carbocycles. The Morgan fingerprint density at radius 3 is 2.50 bits per heavy atom.